The maximum Gasteiger partial charge on any atom is 0.390 e. The molecule has 34 heavy (non-hydrogen) atoms. The summed E-state index contributed by atoms with van der Waals surface area (Å²) in [6, 6.07) is 0.969. The third-order valence-corrected chi connectivity index (χ3v) is 5.89. The second kappa shape index (κ2) is 9.11. The number of carbonyl (C=O) groups is 1. The van der Waals surface area contributed by atoms with Crippen LogP contribution < -0.4 is 5.32 Å². The van der Waals surface area contributed by atoms with Crippen molar-refractivity contribution in [1.29, 1.82) is 0 Å². The number of aryl methyl sites for hydroxylation is 1. The molecule has 0 spiro atoms. The SMILES string of the molecule is C=Cc1cnn2cc(C(NC(=O)c3cnnn3CCC(F)(F)F)C3CCC(F)(F)CC3)nc2c1. The molecule has 1 aliphatic carbocycles. The Kier molecular flexibility index (Phi) is 6.36. The number of fused-ring (bicyclic) bond motifs is 1. The van der Waals surface area contributed by atoms with Gasteiger partial charge in [-0.1, -0.05) is 17.9 Å². The van der Waals surface area contributed by atoms with Gasteiger partial charge in [-0.3, -0.25) is 4.79 Å². The normalized spacial score (nSPS) is 17.6. The molecule has 0 radical (unpaired) electrons. The van der Waals surface area contributed by atoms with Crippen LogP contribution in [0, 0.1) is 5.92 Å². The van der Waals surface area contributed by atoms with E-state index in [1.807, 2.05) is 0 Å². The van der Waals surface area contributed by atoms with Gasteiger partial charge in [0.15, 0.2) is 5.65 Å². The van der Waals surface area contributed by atoms with Crippen LogP contribution in [0.1, 0.15) is 59.9 Å². The van der Waals surface area contributed by atoms with E-state index in [2.05, 4.69) is 32.3 Å². The van der Waals surface area contributed by atoms with Crippen LogP contribution in [-0.2, 0) is 6.54 Å². The number of hydrogen-bond donors (Lipinski definition) is 1. The maximum absolute atomic E-state index is 13.8. The molecule has 0 bridgehead atoms. The molecule has 3 aromatic heterocycles. The van der Waals surface area contributed by atoms with Crippen molar-refractivity contribution in [2.45, 2.75) is 56.8 Å². The summed E-state index contributed by atoms with van der Waals surface area (Å²) in [7, 11) is 0. The summed E-state index contributed by atoms with van der Waals surface area (Å²) < 4.78 is 67.8. The van der Waals surface area contributed by atoms with Crippen molar-refractivity contribution in [3.63, 3.8) is 0 Å². The van der Waals surface area contributed by atoms with E-state index < -0.39 is 37.0 Å². The highest BCUT2D eigenvalue weighted by molar-refractivity contribution is 5.92. The van der Waals surface area contributed by atoms with Gasteiger partial charge in [0.05, 0.1) is 43.3 Å². The lowest BCUT2D eigenvalue weighted by Gasteiger charge is -2.33. The molecule has 1 aliphatic rings. The number of rotatable bonds is 7. The Bertz CT molecular complexity index is 1180. The van der Waals surface area contributed by atoms with Crippen LogP contribution in [0.2, 0.25) is 0 Å². The van der Waals surface area contributed by atoms with E-state index in [-0.39, 0.29) is 37.3 Å². The maximum atomic E-state index is 13.8. The lowest BCUT2D eigenvalue weighted by atomic mass is 9.81. The third-order valence-electron chi connectivity index (χ3n) is 5.89. The number of amides is 1. The van der Waals surface area contributed by atoms with E-state index in [4.69, 9.17) is 0 Å². The van der Waals surface area contributed by atoms with Gasteiger partial charge in [-0.15, -0.1) is 5.10 Å². The molecule has 0 aromatic carbocycles. The summed E-state index contributed by atoms with van der Waals surface area (Å²) in [6.45, 7) is 3.11. The van der Waals surface area contributed by atoms with Crippen molar-refractivity contribution in [1.82, 2.24) is 34.9 Å². The Morgan fingerprint density at radius 3 is 2.71 bits per heavy atom. The zero-order valence-electron chi connectivity index (χ0n) is 18.0. The minimum absolute atomic E-state index is 0.142. The molecule has 1 atom stereocenters. The van der Waals surface area contributed by atoms with Crippen molar-refractivity contribution >= 4 is 17.6 Å². The zero-order valence-corrected chi connectivity index (χ0v) is 18.0. The standard InChI is InChI=1S/C21H22F5N7O/c1-2-13-9-17-29-15(12-33(17)28-10-13)18(14-3-5-20(22,23)6-4-14)30-19(34)16-11-27-31-32(16)8-7-21(24,25)26/h2,9-12,14,18H,1,3-8H2,(H,30,34). The van der Waals surface area contributed by atoms with Gasteiger partial charge >= 0.3 is 6.18 Å². The molecule has 182 valence electrons. The van der Waals surface area contributed by atoms with Gasteiger partial charge in [-0.2, -0.15) is 18.3 Å². The molecule has 1 N–H and O–H groups in total. The molecule has 0 saturated heterocycles. The molecule has 1 amide bonds. The van der Waals surface area contributed by atoms with Crippen LogP contribution in [0.4, 0.5) is 22.0 Å². The molecule has 4 rings (SSSR count). The first-order chi connectivity index (χ1) is 16.0. The average Bonchev–Trinajstić information content (AvgIpc) is 3.42. The highest BCUT2D eigenvalue weighted by Crippen LogP contribution is 2.41. The van der Waals surface area contributed by atoms with Gasteiger partial charge in [-0.25, -0.2) is 23.0 Å². The quantitative estimate of drug-likeness (QED) is 0.509. The summed E-state index contributed by atoms with van der Waals surface area (Å²) in [4.78, 5) is 17.5. The zero-order chi connectivity index (χ0) is 24.5. The van der Waals surface area contributed by atoms with Crippen molar-refractivity contribution in [3.05, 3.63) is 48.2 Å². The van der Waals surface area contributed by atoms with Crippen LogP contribution in [0.5, 0.6) is 0 Å². The second-order valence-electron chi connectivity index (χ2n) is 8.31. The Hall–Kier alpha value is -3.38. The van der Waals surface area contributed by atoms with E-state index in [0.29, 0.717) is 11.3 Å². The minimum atomic E-state index is -4.43. The molecule has 0 aliphatic heterocycles. The first-order valence-electron chi connectivity index (χ1n) is 10.7. The molecule has 1 unspecified atom stereocenters. The van der Waals surface area contributed by atoms with Gasteiger partial charge in [0, 0.05) is 12.8 Å². The molecule has 8 nitrogen and oxygen atoms in total. The Morgan fingerprint density at radius 1 is 1.29 bits per heavy atom. The number of halogens is 5. The third kappa shape index (κ3) is 5.39. The Balaban J connectivity index is 1.61. The van der Waals surface area contributed by atoms with Crippen LogP contribution in [0.3, 0.4) is 0 Å². The topological polar surface area (TPSA) is 90.0 Å². The van der Waals surface area contributed by atoms with Crippen molar-refractivity contribution in [2.75, 3.05) is 0 Å². The lowest BCUT2D eigenvalue weighted by Crippen LogP contribution is -2.38. The summed E-state index contributed by atoms with van der Waals surface area (Å²) in [5, 5.41) is 14.1. The first-order valence-corrected chi connectivity index (χ1v) is 10.7. The number of alkyl halides is 5. The van der Waals surface area contributed by atoms with Crippen LogP contribution in [-0.4, -0.2) is 47.6 Å². The molecule has 1 fully saturated rings. The number of nitrogens with one attached hydrogen (secondary N) is 1. The highest BCUT2D eigenvalue weighted by atomic mass is 19.4. The van der Waals surface area contributed by atoms with Crippen LogP contribution >= 0.6 is 0 Å². The number of nitrogens with zero attached hydrogens (tertiary/aromatic N) is 6. The minimum Gasteiger partial charge on any atom is -0.342 e. The number of imidazole rings is 1. The Labute approximate surface area is 190 Å². The molecule has 13 heteroatoms. The molecule has 3 aromatic rings. The number of hydrogen-bond acceptors (Lipinski definition) is 5. The van der Waals surface area contributed by atoms with Gasteiger partial charge in [-0.05, 0) is 30.4 Å². The van der Waals surface area contributed by atoms with Gasteiger partial charge in [0.1, 0.15) is 5.69 Å². The van der Waals surface area contributed by atoms with Crippen molar-refractivity contribution < 1.29 is 26.7 Å². The van der Waals surface area contributed by atoms with E-state index >= 15 is 0 Å². The summed E-state index contributed by atoms with van der Waals surface area (Å²) in [5.74, 6) is -3.84. The predicted molar refractivity (Wildman–Crippen MR) is 111 cm³/mol. The van der Waals surface area contributed by atoms with Crippen LogP contribution in [0.15, 0.2) is 31.2 Å². The average molecular weight is 483 g/mol. The Morgan fingerprint density at radius 2 is 2.03 bits per heavy atom. The van der Waals surface area contributed by atoms with E-state index in [9.17, 15) is 26.7 Å². The summed E-state index contributed by atoms with van der Waals surface area (Å²) in [5.41, 5.74) is 1.45. The molecular weight excluding hydrogens is 461 g/mol. The highest BCUT2D eigenvalue weighted by Gasteiger charge is 2.39. The molecular formula is C21H22F5N7O. The fraction of sp³-hybridized carbons (Fsp3) is 0.476. The van der Waals surface area contributed by atoms with Gasteiger partial charge in [0.2, 0.25) is 5.92 Å². The van der Waals surface area contributed by atoms with Gasteiger partial charge in [0.25, 0.3) is 5.91 Å². The molecule has 1 saturated carbocycles. The number of carbonyl (C=O) groups excluding carboxylic acids is 1. The van der Waals surface area contributed by atoms with E-state index in [1.54, 1.807) is 24.5 Å². The monoisotopic (exact) mass is 483 g/mol. The first kappa shape index (κ1) is 23.8. The lowest BCUT2D eigenvalue weighted by molar-refractivity contribution is -0.137. The second-order valence-corrected chi connectivity index (χ2v) is 8.31. The fourth-order valence-electron chi connectivity index (χ4n) is 4.05. The largest absolute Gasteiger partial charge is 0.390 e. The number of aromatic nitrogens is 6. The van der Waals surface area contributed by atoms with Crippen molar-refractivity contribution in [3.8, 4) is 0 Å². The van der Waals surface area contributed by atoms with Crippen LogP contribution in [0.25, 0.3) is 11.7 Å². The van der Waals surface area contributed by atoms with E-state index in [0.717, 1.165) is 16.4 Å². The van der Waals surface area contributed by atoms with E-state index in [1.165, 1.54) is 4.52 Å². The summed E-state index contributed by atoms with van der Waals surface area (Å²) >= 11 is 0. The fourth-order valence-corrected chi connectivity index (χ4v) is 4.05. The summed E-state index contributed by atoms with van der Waals surface area (Å²) in [6.07, 6.45) is -0.151. The predicted octanol–water partition coefficient (Wildman–Crippen LogP) is 4.21. The van der Waals surface area contributed by atoms with Crippen molar-refractivity contribution in [2.24, 2.45) is 5.92 Å². The molecule has 3 heterocycles. The van der Waals surface area contributed by atoms with Gasteiger partial charge < -0.3 is 5.32 Å². The smallest absolute Gasteiger partial charge is 0.342 e.